The highest BCUT2D eigenvalue weighted by Gasteiger charge is 2.15. The van der Waals surface area contributed by atoms with Gasteiger partial charge in [-0.2, -0.15) is 0 Å². The Bertz CT molecular complexity index is 526. The molecule has 21 heavy (non-hydrogen) atoms. The number of halogens is 1. The molecule has 1 saturated heterocycles. The molecule has 1 heterocycles. The number of nitrogens with two attached hydrogens (primary N) is 1. The zero-order chi connectivity index (χ0) is 15.2. The van der Waals surface area contributed by atoms with Crippen LogP contribution in [0.25, 0.3) is 0 Å². The molecule has 114 valence electrons. The Morgan fingerprint density at radius 2 is 1.71 bits per heavy atom. The first-order chi connectivity index (χ1) is 10.1. The molecule has 3 amide bonds. The van der Waals surface area contributed by atoms with E-state index in [4.69, 9.17) is 17.3 Å². The van der Waals surface area contributed by atoms with Crippen LogP contribution < -0.4 is 11.1 Å². The summed E-state index contributed by atoms with van der Waals surface area (Å²) >= 11 is 5.98. The first-order valence-corrected chi connectivity index (χ1v) is 7.61. The Morgan fingerprint density at radius 1 is 1.10 bits per heavy atom. The summed E-state index contributed by atoms with van der Waals surface area (Å²) in [6.45, 7) is 1.55. The summed E-state index contributed by atoms with van der Waals surface area (Å²) in [7, 11) is 0. The average Bonchev–Trinajstić information content (AvgIpc) is 2.37. The largest absolute Gasteiger partial charge is 0.366 e. The fraction of sp³-hybridized carbons (Fsp3) is 0.467. The third-order valence-electron chi connectivity index (χ3n) is 3.63. The van der Waals surface area contributed by atoms with Crippen LogP contribution in [0.1, 0.15) is 42.5 Å². The van der Waals surface area contributed by atoms with Gasteiger partial charge in [-0.15, -0.1) is 0 Å². The van der Waals surface area contributed by atoms with Gasteiger partial charge in [0.25, 0.3) is 0 Å². The summed E-state index contributed by atoms with van der Waals surface area (Å²) in [5.74, 6) is -0.582. The Hall–Kier alpha value is -1.75. The van der Waals surface area contributed by atoms with Crippen LogP contribution in [0.15, 0.2) is 18.2 Å². The second kappa shape index (κ2) is 7.31. The number of carbonyl (C=O) groups is 2. The van der Waals surface area contributed by atoms with Crippen molar-refractivity contribution in [2.45, 2.75) is 32.1 Å². The number of nitrogens with one attached hydrogen (secondary N) is 1. The molecule has 0 unspecified atom stereocenters. The van der Waals surface area contributed by atoms with Crippen molar-refractivity contribution < 1.29 is 9.59 Å². The zero-order valence-electron chi connectivity index (χ0n) is 11.9. The maximum Gasteiger partial charge on any atom is 0.321 e. The SMILES string of the molecule is NC(=O)c1ccc(NC(=O)N2CCCCCCC2)cc1Cl. The summed E-state index contributed by atoms with van der Waals surface area (Å²) in [4.78, 5) is 25.2. The standard InChI is InChI=1S/C15H20ClN3O2/c16-13-10-11(6-7-12(13)14(17)20)18-15(21)19-8-4-2-1-3-5-9-19/h6-7,10H,1-5,8-9H2,(H2,17,20)(H,18,21). The summed E-state index contributed by atoms with van der Waals surface area (Å²) in [5, 5.41) is 3.06. The van der Waals surface area contributed by atoms with Crippen LogP contribution in [0.2, 0.25) is 5.02 Å². The van der Waals surface area contributed by atoms with E-state index < -0.39 is 5.91 Å². The van der Waals surface area contributed by atoms with E-state index in [2.05, 4.69) is 5.32 Å². The van der Waals surface area contributed by atoms with Gasteiger partial charge in [0.05, 0.1) is 10.6 Å². The molecule has 3 N–H and O–H groups in total. The van der Waals surface area contributed by atoms with Crippen LogP contribution >= 0.6 is 11.6 Å². The highest BCUT2D eigenvalue weighted by molar-refractivity contribution is 6.34. The molecule has 0 bridgehead atoms. The van der Waals surface area contributed by atoms with Crippen molar-refractivity contribution >= 4 is 29.2 Å². The van der Waals surface area contributed by atoms with Crippen molar-refractivity contribution in [2.75, 3.05) is 18.4 Å². The van der Waals surface area contributed by atoms with Gasteiger partial charge in [-0.05, 0) is 31.0 Å². The molecule has 1 aromatic rings. The quantitative estimate of drug-likeness (QED) is 0.880. The monoisotopic (exact) mass is 309 g/mol. The molecule has 0 aliphatic carbocycles. The number of hydrogen-bond donors (Lipinski definition) is 2. The number of hydrogen-bond acceptors (Lipinski definition) is 2. The third-order valence-corrected chi connectivity index (χ3v) is 3.94. The van der Waals surface area contributed by atoms with Gasteiger partial charge in [0.15, 0.2) is 0 Å². The van der Waals surface area contributed by atoms with Crippen LogP contribution in [0.5, 0.6) is 0 Å². The van der Waals surface area contributed by atoms with E-state index >= 15 is 0 Å². The van der Waals surface area contributed by atoms with E-state index in [9.17, 15) is 9.59 Å². The molecule has 1 aliphatic heterocycles. The first-order valence-electron chi connectivity index (χ1n) is 7.23. The molecule has 5 nitrogen and oxygen atoms in total. The van der Waals surface area contributed by atoms with Crippen molar-refractivity contribution in [1.29, 1.82) is 0 Å². The Labute approximate surface area is 129 Å². The maximum atomic E-state index is 12.2. The Kier molecular flexibility index (Phi) is 5.44. The number of primary amides is 1. The average molecular weight is 310 g/mol. The van der Waals surface area contributed by atoms with Crippen LogP contribution in [0.3, 0.4) is 0 Å². The summed E-state index contributed by atoms with van der Waals surface area (Å²) in [5.41, 5.74) is 6.01. The molecule has 0 radical (unpaired) electrons. The van der Waals surface area contributed by atoms with Crippen molar-refractivity contribution in [3.05, 3.63) is 28.8 Å². The first kappa shape index (κ1) is 15.6. The van der Waals surface area contributed by atoms with E-state index in [1.54, 1.807) is 12.1 Å². The number of carbonyl (C=O) groups excluding carboxylic acids is 2. The van der Waals surface area contributed by atoms with E-state index in [1.807, 2.05) is 4.90 Å². The molecule has 6 heteroatoms. The van der Waals surface area contributed by atoms with E-state index in [1.165, 1.54) is 25.3 Å². The highest BCUT2D eigenvalue weighted by Crippen LogP contribution is 2.21. The van der Waals surface area contributed by atoms with Gasteiger partial charge >= 0.3 is 6.03 Å². The summed E-state index contributed by atoms with van der Waals surface area (Å²) < 4.78 is 0. The fourth-order valence-electron chi connectivity index (χ4n) is 2.45. The van der Waals surface area contributed by atoms with Crippen LogP contribution in [0, 0.1) is 0 Å². The minimum atomic E-state index is -0.582. The normalized spacial score (nSPS) is 16.0. The number of likely N-dealkylation sites (tertiary alicyclic amines) is 1. The number of benzene rings is 1. The second-order valence-electron chi connectivity index (χ2n) is 5.24. The van der Waals surface area contributed by atoms with Gasteiger partial charge in [0.1, 0.15) is 0 Å². The van der Waals surface area contributed by atoms with Gasteiger partial charge in [0.2, 0.25) is 5.91 Å². The molecule has 0 aromatic heterocycles. The van der Waals surface area contributed by atoms with E-state index in [0.717, 1.165) is 25.9 Å². The second-order valence-corrected chi connectivity index (χ2v) is 5.65. The van der Waals surface area contributed by atoms with Crippen molar-refractivity contribution in [3.8, 4) is 0 Å². The number of nitrogens with zero attached hydrogens (tertiary/aromatic N) is 1. The molecule has 1 fully saturated rings. The molecular formula is C15H20ClN3O2. The number of amides is 3. The van der Waals surface area contributed by atoms with Gasteiger partial charge in [-0.25, -0.2) is 4.79 Å². The molecule has 1 aromatic carbocycles. The number of rotatable bonds is 2. The lowest BCUT2D eigenvalue weighted by Gasteiger charge is -2.25. The summed E-state index contributed by atoms with van der Waals surface area (Å²) in [6, 6.07) is 4.57. The fourth-order valence-corrected chi connectivity index (χ4v) is 2.72. The van der Waals surface area contributed by atoms with E-state index in [0.29, 0.717) is 5.69 Å². The Morgan fingerprint density at radius 3 is 2.29 bits per heavy atom. The molecular weight excluding hydrogens is 290 g/mol. The predicted molar refractivity (Wildman–Crippen MR) is 83.6 cm³/mol. The Balaban J connectivity index is 2.01. The van der Waals surface area contributed by atoms with Crippen molar-refractivity contribution in [1.82, 2.24) is 4.90 Å². The molecule has 0 atom stereocenters. The van der Waals surface area contributed by atoms with Gasteiger partial charge in [0, 0.05) is 18.8 Å². The van der Waals surface area contributed by atoms with Gasteiger partial charge in [-0.3, -0.25) is 4.79 Å². The maximum absolute atomic E-state index is 12.2. The van der Waals surface area contributed by atoms with Crippen molar-refractivity contribution in [3.63, 3.8) is 0 Å². The van der Waals surface area contributed by atoms with Gasteiger partial charge < -0.3 is 16.0 Å². The highest BCUT2D eigenvalue weighted by atomic mass is 35.5. The minimum absolute atomic E-state index is 0.125. The van der Waals surface area contributed by atoms with Crippen LogP contribution in [-0.2, 0) is 0 Å². The molecule has 1 aliphatic rings. The zero-order valence-corrected chi connectivity index (χ0v) is 12.7. The molecule has 2 rings (SSSR count). The van der Waals surface area contributed by atoms with E-state index in [-0.39, 0.29) is 16.6 Å². The minimum Gasteiger partial charge on any atom is -0.366 e. The lowest BCUT2D eigenvalue weighted by Crippen LogP contribution is -2.37. The molecule has 0 saturated carbocycles. The van der Waals surface area contributed by atoms with Crippen LogP contribution in [0.4, 0.5) is 10.5 Å². The molecule has 0 spiro atoms. The van der Waals surface area contributed by atoms with Crippen molar-refractivity contribution in [2.24, 2.45) is 5.73 Å². The van der Waals surface area contributed by atoms with Crippen LogP contribution in [-0.4, -0.2) is 29.9 Å². The number of urea groups is 1. The third kappa shape index (κ3) is 4.36. The topological polar surface area (TPSA) is 75.4 Å². The van der Waals surface area contributed by atoms with Gasteiger partial charge in [-0.1, -0.05) is 30.9 Å². The smallest absolute Gasteiger partial charge is 0.321 e. The number of anilines is 1. The lowest BCUT2D eigenvalue weighted by molar-refractivity contribution is 0.100. The summed E-state index contributed by atoms with van der Waals surface area (Å²) in [6.07, 6.45) is 5.66. The predicted octanol–water partition coefficient (Wildman–Crippen LogP) is 3.24. The lowest BCUT2D eigenvalue weighted by atomic mass is 10.1.